The molecule has 0 aromatic heterocycles. The first kappa shape index (κ1) is 23.2. The Balaban J connectivity index is 1.65. The molecule has 0 atom stereocenters. The van der Waals surface area contributed by atoms with Crippen LogP contribution in [0.2, 0.25) is 0 Å². The molecule has 1 N–H and O–H groups in total. The second kappa shape index (κ2) is 9.78. The molecule has 1 amide bonds. The van der Waals surface area contributed by atoms with E-state index in [1.807, 2.05) is 32.0 Å². The van der Waals surface area contributed by atoms with Crippen molar-refractivity contribution < 1.29 is 18.0 Å². The Morgan fingerprint density at radius 1 is 0.844 bits per heavy atom. The third-order valence-electron chi connectivity index (χ3n) is 5.30. The number of para-hydroxylation sites is 1. The molecule has 166 valence electrons. The molecule has 0 saturated carbocycles. The molecular weight excluding hydrogens is 424 g/mol. The van der Waals surface area contributed by atoms with E-state index in [1.54, 1.807) is 42.5 Å². The molecule has 32 heavy (non-hydrogen) atoms. The molecule has 0 unspecified atom stereocenters. The average molecular weight is 451 g/mol. The summed E-state index contributed by atoms with van der Waals surface area (Å²) in [5, 5.41) is 2.69. The highest BCUT2D eigenvalue weighted by Crippen LogP contribution is 2.24. The van der Waals surface area contributed by atoms with Gasteiger partial charge in [0.25, 0.3) is 10.0 Å². The number of anilines is 2. The van der Waals surface area contributed by atoms with Crippen LogP contribution < -0.4 is 9.62 Å². The van der Waals surface area contributed by atoms with E-state index in [-0.39, 0.29) is 29.4 Å². The lowest BCUT2D eigenvalue weighted by molar-refractivity contribution is -0.116. The van der Waals surface area contributed by atoms with Gasteiger partial charge in [-0.1, -0.05) is 36.4 Å². The van der Waals surface area contributed by atoms with Crippen LogP contribution in [0.1, 0.15) is 34.3 Å². The van der Waals surface area contributed by atoms with Gasteiger partial charge in [-0.2, -0.15) is 0 Å². The van der Waals surface area contributed by atoms with Crippen LogP contribution in [0.5, 0.6) is 0 Å². The number of aryl methyl sites for hydroxylation is 2. The average Bonchev–Trinajstić information content (AvgIpc) is 2.79. The molecule has 7 heteroatoms. The van der Waals surface area contributed by atoms with Crippen LogP contribution in [-0.2, 0) is 14.8 Å². The van der Waals surface area contributed by atoms with Crippen LogP contribution in [0, 0.1) is 13.8 Å². The zero-order valence-corrected chi connectivity index (χ0v) is 19.1. The van der Waals surface area contributed by atoms with Crippen molar-refractivity contribution >= 4 is 33.1 Å². The van der Waals surface area contributed by atoms with Gasteiger partial charge in [0.1, 0.15) is 0 Å². The Bertz CT molecular complexity index is 1240. The van der Waals surface area contributed by atoms with Crippen molar-refractivity contribution in [3.63, 3.8) is 0 Å². The number of carbonyl (C=O) groups excluding carboxylic acids is 2. The molecule has 3 aromatic rings. The van der Waals surface area contributed by atoms with Crippen molar-refractivity contribution in [3.05, 3.63) is 89.5 Å². The molecule has 0 aliphatic carbocycles. The number of nitrogens with zero attached hydrogens (tertiary/aromatic N) is 1. The number of hydrogen-bond acceptors (Lipinski definition) is 4. The number of carbonyl (C=O) groups is 2. The SMILES string of the molecule is Cc1ccc(C(=O)CCC(=O)Nc2cccc(S(=O)(=O)N(C)c3ccccc3)c2)cc1C. The van der Waals surface area contributed by atoms with E-state index in [0.717, 1.165) is 11.1 Å². The lowest BCUT2D eigenvalue weighted by Gasteiger charge is -2.19. The Hall–Kier alpha value is -3.45. The van der Waals surface area contributed by atoms with Crippen LogP contribution >= 0.6 is 0 Å². The highest BCUT2D eigenvalue weighted by Gasteiger charge is 2.21. The number of rotatable bonds is 8. The summed E-state index contributed by atoms with van der Waals surface area (Å²) in [7, 11) is -2.31. The zero-order valence-electron chi connectivity index (χ0n) is 18.3. The van der Waals surface area contributed by atoms with E-state index in [9.17, 15) is 18.0 Å². The fraction of sp³-hybridized carbons (Fsp3) is 0.200. The van der Waals surface area contributed by atoms with Gasteiger partial charge in [-0.25, -0.2) is 8.42 Å². The number of benzene rings is 3. The van der Waals surface area contributed by atoms with Gasteiger partial charge in [0.05, 0.1) is 10.6 Å². The standard InChI is InChI=1S/C25H26N2O4S/c1-18-12-13-20(16-19(18)2)24(28)14-15-25(29)26-21-8-7-11-23(17-21)32(30,31)27(3)22-9-5-4-6-10-22/h4-13,16-17H,14-15H2,1-3H3,(H,26,29). The summed E-state index contributed by atoms with van der Waals surface area (Å²) < 4.78 is 27.1. The molecule has 0 aliphatic rings. The number of ketones is 1. The van der Waals surface area contributed by atoms with Crippen LogP contribution in [0.25, 0.3) is 0 Å². The van der Waals surface area contributed by atoms with E-state index in [1.165, 1.54) is 23.5 Å². The summed E-state index contributed by atoms with van der Waals surface area (Å²) in [6.45, 7) is 3.91. The predicted octanol–water partition coefficient (Wildman–Crippen LogP) is 4.73. The van der Waals surface area contributed by atoms with Gasteiger partial charge in [0, 0.05) is 31.1 Å². The van der Waals surface area contributed by atoms with Gasteiger partial charge in [0.2, 0.25) is 5.91 Å². The number of hydrogen-bond donors (Lipinski definition) is 1. The van der Waals surface area contributed by atoms with Crippen molar-refractivity contribution in [2.75, 3.05) is 16.7 Å². The molecule has 0 heterocycles. The molecule has 3 rings (SSSR count). The molecule has 0 bridgehead atoms. The van der Waals surface area contributed by atoms with Crippen molar-refractivity contribution in [2.45, 2.75) is 31.6 Å². The molecule has 0 fully saturated rings. The minimum absolute atomic E-state index is 0.00660. The zero-order chi connectivity index (χ0) is 23.3. The molecule has 0 saturated heterocycles. The fourth-order valence-electron chi connectivity index (χ4n) is 3.18. The van der Waals surface area contributed by atoms with Gasteiger partial charge in [-0.3, -0.25) is 13.9 Å². The van der Waals surface area contributed by atoms with Gasteiger partial charge >= 0.3 is 0 Å². The van der Waals surface area contributed by atoms with E-state index in [4.69, 9.17) is 0 Å². The third kappa shape index (κ3) is 5.42. The highest BCUT2D eigenvalue weighted by molar-refractivity contribution is 7.92. The maximum atomic E-state index is 13.0. The monoisotopic (exact) mass is 450 g/mol. The van der Waals surface area contributed by atoms with E-state index < -0.39 is 10.0 Å². The van der Waals surface area contributed by atoms with Crippen LogP contribution in [0.15, 0.2) is 77.7 Å². The normalized spacial score (nSPS) is 11.1. The predicted molar refractivity (Wildman–Crippen MR) is 127 cm³/mol. The first-order valence-electron chi connectivity index (χ1n) is 10.2. The van der Waals surface area contributed by atoms with Gasteiger partial charge < -0.3 is 5.32 Å². The fourth-order valence-corrected chi connectivity index (χ4v) is 4.42. The molecular formula is C25H26N2O4S. The number of nitrogens with one attached hydrogen (secondary N) is 1. The number of amides is 1. The van der Waals surface area contributed by atoms with Crippen LogP contribution in [0.3, 0.4) is 0 Å². The summed E-state index contributed by atoms with van der Waals surface area (Å²) >= 11 is 0. The quantitative estimate of drug-likeness (QED) is 0.503. The Morgan fingerprint density at radius 2 is 1.56 bits per heavy atom. The van der Waals surface area contributed by atoms with E-state index >= 15 is 0 Å². The summed E-state index contributed by atoms with van der Waals surface area (Å²) in [6, 6.07) is 20.3. The van der Waals surface area contributed by atoms with Crippen LogP contribution in [0.4, 0.5) is 11.4 Å². The first-order valence-corrected chi connectivity index (χ1v) is 11.7. The maximum absolute atomic E-state index is 13.0. The Kier molecular flexibility index (Phi) is 7.10. The second-order valence-corrected chi connectivity index (χ2v) is 9.58. The van der Waals surface area contributed by atoms with Crippen LogP contribution in [-0.4, -0.2) is 27.2 Å². The van der Waals surface area contributed by atoms with E-state index in [0.29, 0.717) is 16.9 Å². The van der Waals surface area contributed by atoms with Crippen molar-refractivity contribution in [1.29, 1.82) is 0 Å². The lowest BCUT2D eigenvalue weighted by atomic mass is 10.0. The maximum Gasteiger partial charge on any atom is 0.264 e. The summed E-state index contributed by atoms with van der Waals surface area (Å²) in [4.78, 5) is 24.8. The topological polar surface area (TPSA) is 83.5 Å². The van der Waals surface area contributed by atoms with Gasteiger partial charge in [0.15, 0.2) is 5.78 Å². The lowest BCUT2D eigenvalue weighted by Crippen LogP contribution is -2.26. The molecule has 0 radical (unpaired) electrons. The van der Waals surface area contributed by atoms with Crippen molar-refractivity contribution in [3.8, 4) is 0 Å². The van der Waals surface area contributed by atoms with Crippen molar-refractivity contribution in [1.82, 2.24) is 0 Å². The Labute approximate surface area is 188 Å². The second-order valence-electron chi connectivity index (χ2n) is 7.61. The van der Waals surface area contributed by atoms with Crippen molar-refractivity contribution in [2.24, 2.45) is 0 Å². The minimum Gasteiger partial charge on any atom is -0.326 e. The van der Waals surface area contributed by atoms with Gasteiger partial charge in [-0.05, 0) is 61.4 Å². The minimum atomic E-state index is -3.79. The van der Waals surface area contributed by atoms with E-state index in [2.05, 4.69) is 5.32 Å². The molecule has 6 nitrogen and oxygen atoms in total. The largest absolute Gasteiger partial charge is 0.326 e. The Morgan fingerprint density at radius 3 is 2.25 bits per heavy atom. The first-order chi connectivity index (χ1) is 15.2. The number of sulfonamides is 1. The smallest absolute Gasteiger partial charge is 0.264 e. The molecule has 0 aliphatic heterocycles. The molecule has 3 aromatic carbocycles. The number of Topliss-reactive ketones (excluding diaryl/α,β-unsaturated/α-hetero) is 1. The molecule has 0 spiro atoms. The van der Waals surface area contributed by atoms with Gasteiger partial charge in [-0.15, -0.1) is 0 Å². The summed E-state index contributed by atoms with van der Waals surface area (Å²) in [5.74, 6) is -0.461. The third-order valence-corrected chi connectivity index (χ3v) is 7.09. The summed E-state index contributed by atoms with van der Waals surface area (Å²) in [5.41, 5.74) is 3.60. The highest BCUT2D eigenvalue weighted by atomic mass is 32.2. The summed E-state index contributed by atoms with van der Waals surface area (Å²) in [6.07, 6.45) is 0.0791.